The van der Waals surface area contributed by atoms with Gasteiger partial charge in [-0.2, -0.15) is 0 Å². The highest BCUT2D eigenvalue weighted by Gasteiger charge is 2.15. The lowest BCUT2D eigenvalue weighted by Crippen LogP contribution is -2.19. The third kappa shape index (κ3) is 3.74. The minimum Gasteiger partial charge on any atom is -0.322 e. The second kappa shape index (κ2) is 6.87. The maximum Gasteiger partial charge on any atom is 0.259 e. The zero-order valence-electron chi connectivity index (χ0n) is 13.7. The molecule has 2 aromatic rings. The Morgan fingerprint density at radius 1 is 1.17 bits per heavy atom. The fraction of sp³-hybridized carbons (Fsp3) is 0.389. The molecular weight excluding hydrogens is 288 g/mol. The number of carbonyl (C=O) groups is 1. The number of nitrogens with one attached hydrogen (secondary N) is 1. The van der Waals surface area contributed by atoms with Gasteiger partial charge in [0.1, 0.15) is 6.33 Å². The van der Waals surface area contributed by atoms with Crippen LogP contribution in [0.25, 0.3) is 0 Å². The summed E-state index contributed by atoms with van der Waals surface area (Å²) in [6.45, 7) is 6.92. The Balaban J connectivity index is 1.73. The van der Waals surface area contributed by atoms with Crippen LogP contribution in [0.1, 0.15) is 40.2 Å². The number of amides is 1. The number of benzene rings is 1. The molecule has 1 amide bonds. The molecule has 5 heteroatoms. The van der Waals surface area contributed by atoms with Crippen molar-refractivity contribution in [2.24, 2.45) is 0 Å². The molecule has 1 aliphatic rings. The van der Waals surface area contributed by atoms with E-state index in [1.54, 1.807) is 0 Å². The van der Waals surface area contributed by atoms with E-state index in [9.17, 15) is 4.79 Å². The maximum absolute atomic E-state index is 12.5. The monoisotopic (exact) mass is 310 g/mol. The maximum atomic E-state index is 12.5. The number of likely N-dealkylation sites (tertiary alicyclic amines) is 1. The van der Waals surface area contributed by atoms with Crippen molar-refractivity contribution in [2.45, 2.75) is 33.2 Å². The molecule has 1 aliphatic heterocycles. The number of anilines is 1. The molecule has 0 radical (unpaired) electrons. The smallest absolute Gasteiger partial charge is 0.259 e. The van der Waals surface area contributed by atoms with Crippen LogP contribution in [-0.2, 0) is 6.54 Å². The third-order valence-electron chi connectivity index (χ3n) is 4.24. The normalized spacial score (nSPS) is 14.9. The molecule has 0 spiro atoms. The first-order valence-electron chi connectivity index (χ1n) is 8.04. The molecule has 1 saturated heterocycles. The molecule has 120 valence electrons. The van der Waals surface area contributed by atoms with Crippen LogP contribution in [0.2, 0.25) is 0 Å². The summed E-state index contributed by atoms with van der Waals surface area (Å²) in [6, 6.07) is 8.06. The molecular formula is C18H22N4O. The van der Waals surface area contributed by atoms with Gasteiger partial charge in [-0.1, -0.05) is 12.1 Å². The van der Waals surface area contributed by atoms with Crippen LogP contribution >= 0.6 is 0 Å². The summed E-state index contributed by atoms with van der Waals surface area (Å²) in [5, 5.41) is 2.97. The zero-order valence-corrected chi connectivity index (χ0v) is 13.7. The molecule has 2 heterocycles. The van der Waals surface area contributed by atoms with E-state index in [-0.39, 0.29) is 5.91 Å². The number of aryl methyl sites for hydroxylation is 2. The number of hydrogen-bond donors (Lipinski definition) is 1. The minimum absolute atomic E-state index is 0.154. The lowest BCUT2D eigenvalue weighted by Gasteiger charge is -2.15. The van der Waals surface area contributed by atoms with E-state index in [0.29, 0.717) is 17.0 Å². The summed E-state index contributed by atoms with van der Waals surface area (Å²) in [7, 11) is 0. The Kier molecular flexibility index (Phi) is 4.67. The average Bonchev–Trinajstić information content (AvgIpc) is 3.00. The molecule has 3 rings (SSSR count). The number of nitrogens with zero attached hydrogens (tertiary/aromatic N) is 3. The quantitative estimate of drug-likeness (QED) is 0.943. The fourth-order valence-corrected chi connectivity index (χ4v) is 3.06. The molecule has 0 atom stereocenters. The highest BCUT2D eigenvalue weighted by atomic mass is 16.1. The zero-order chi connectivity index (χ0) is 16.2. The van der Waals surface area contributed by atoms with Gasteiger partial charge in [0, 0.05) is 12.2 Å². The average molecular weight is 310 g/mol. The van der Waals surface area contributed by atoms with Gasteiger partial charge in [0.2, 0.25) is 0 Å². The fourth-order valence-electron chi connectivity index (χ4n) is 3.06. The summed E-state index contributed by atoms with van der Waals surface area (Å²) < 4.78 is 0. The second-order valence-corrected chi connectivity index (χ2v) is 6.06. The van der Waals surface area contributed by atoms with E-state index in [2.05, 4.69) is 26.3 Å². The first kappa shape index (κ1) is 15.6. The summed E-state index contributed by atoms with van der Waals surface area (Å²) >= 11 is 0. The Morgan fingerprint density at radius 3 is 2.57 bits per heavy atom. The SMILES string of the molecule is Cc1ncnc(C)c1C(=O)Nc1cccc(CN2CCCC2)c1. The van der Waals surface area contributed by atoms with E-state index in [1.165, 1.54) is 24.7 Å². The molecule has 0 unspecified atom stereocenters. The standard InChI is InChI=1S/C18H22N4O/c1-13-17(14(2)20-12-19-13)18(23)21-16-7-5-6-15(10-16)11-22-8-3-4-9-22/h5-7,10,12H,3-4,8-9,11H2,1-2H3,(H,21,23). The number of hydrogen-bond acceptors (Lipinski definition) is 4. The van der Waals surface area contributed by atoms with Crippen molar-refractivity contribution >= 4 is 11.6 Å². The molecule has 5 nitrogen and oxygen atoms in total. The lowest BCUT2D eigenvalue weighted by atomic mass is 10.1. The minimum atomic E-state index is -0.154. The largest absolute Gasteiger partial charge is 0.322 e. The van der Waals surface area contributed by atoms with Crippen molar-refractivity contribution in [3.8, 4) is 0 Å². The highest BCUT2D eigenvalue weighted by Crippen LogP contribution is 2.18. The van der Waals surface area contributed by atoms with Crippen molar-refractivity contribution in [2.75, 3.05) is 18.4 Å². The number of aromatic nitrogens is 2. The molecule has 1 fully saturated rings. The van der Waals surface area contributed by atoms with Gasteiger partial charge in [-0.15, -0.1) is 0 Å². The third-order valence-corrected chi connectivity index (χ3v) is 4.24. The predicted octanol–water partition coefficient (Wildman–Crippen LogP) is 2.94. The topological polar surface area (TPSA) is 58.1 Å². The van der Waals surface area contributed by atoms with Gasteiger partial charge < -0.3 is 5.32 Å². The van der Waals surface area contributed by atoms with Crippen LogP contribution in [0.15, 0.2) is 30.6 Å². The second-order valence-electron chi connectivity index (χ2n) is 6.06. The van der Waals surface area contributed by atoms with Gasteiger partial charge in [0.25, 0.3) is 5.91 Å². The van der Waals surface area contributed by atoms with E-state index in [0.717, 1.165) is 25.3 Å². The van der Waals surface area contributed by atoms with Crippen LogP contribution in [0, 0.1) is 13.8 Å². The molecule has 0 aliphatic carbocycles. The van der Waals surface area contributed by atoms with E-state index < -0.39 is 0 Å². The van der Waals surface area contributed by atoms with Crippen molar-refractivity contribution in [1.82, 2.24) is 14.9 Å². The molecule has 1 aromatic carbocycles. The number of carbonyl (C=O) groups excluding carboxylic acids is 1. The molecule has 1 N–H and O–H groups in total. The van der Waals surface area contributed by atoms with Crippen molar-refractivity contribution in [3.63, 3.8) is 0 Å². The van der Waals surface area contributed by atoms with Crippen LogP contribution in [-0.4, -0.2) is 33.9 Å². The van der Waals surface area contributed by atoms with Crippen molar-refractivity contribution < 1.29 is 4.79 Å². The van der Waals surface area contributed by atoms with Gasteiger partial charge in [0.05, 0.1) is 17.0 Å². The Bertz CT molecular complexity index is 688. The van der Waals surface area contributed by atoms with Crippen LogP contribution < -0.4 is 5.32 Å². The first-order chi connectivity index (χ1) is 11.1. The Hall–Kier alpha value is -2.27. The van der Waals surface area contributed by atoms with Gasteiger partial charge in [-0.25, -0.2) is 9.97 Å². The van der Waals surface area contributed by atoms with E-state index >= 15 is 0 Å². The predicted molar refractivity (Wildman–Crippen MR) is 90.4 cm³/mol. The van der Waals surface area contributed by atoms with E-state index in [1.807, 2.05) is 32.0 Å². The highest BCUT2D eigenvalue weighted by molar-refractivity contribution is 6.05. The Labute approximate surface area is 136 Å². The lowest BCUT2D eigenvalue weighted by molar-refractivity contribution is 0.102. The van der Waals surface area contributed by atoms with Gasteiger partial charge in [0.15, 0.2) is 0 Å². The summed E-state index contributed by atoms with van der Waals surface area (Å²) in [5.74, 6) is -0.154. The van der Waals surface area contributed by atoms with Gasteiger partial charge in [-0.3, -0.25) is 9.69 Å². The molecule has 0 bridgehead atoms. The molecule has 23 heavy (non-hydrogen) atoms. The Morgan fingerprint density at radius 2 is 1.87 bits per heavy atom. The van der Waals surface area contributed by atoms with Crippen LogP contribution in [0.4, 0.5) is 5.69 Å². The van der Waals surface area contributed by atoms with Crippen LogP contribution in [0.3, 0.4) is 0 Å². The van der Waals surface area contributed by atoms with E-state index in [4.69, 9.17) is 0 Å². The molecule has 0 saturated carbocycles. The summed E-state index contributed by atoms with van der Waals surface area (Å²) in [6.07, 6.45) is 4.05. The molecule has 1 aromatic heterocycles. The van der Waals surface area contributed by atoms with Gasteiger partial charge >= 0.3 is 0 Å². The van der Waals surface area contributed by atoms with Crippen LogP contribution in [0.5, 0.6) is 0 Å². The van der Waals surface area contributed by atoms with Crippen molar-refractivity contribution in [1.29, 1.82) is 0 Å². The van der Waals surface area contributed by atoms with Crippen molar-refractivity contribution in [3.05, 3.63) is 53.1 Å². The van der Waals surface area contributed by atoms with Gasteiger partial charge in [-0.05, 0) is 57.5 Å². The summed E-state index contributed by atoms with van der Waals surface area (Å²) in [4.78, 5) is 23.2. The summed E-state index contributed by atoms with van der Waals surface area (Å²) in [5.41, 5.74) is 3.99. The first-order valence-corrected chi connectivity index (χ1v) is 8.04. The number of rotatable bonds is 4.